The molecule has 0 aliphatic heterocycles. The highest BCUT2D eigenvalue weighted by Gasteiger charge is 2.04. The number of carbonyl (C=O) groups excluding carboxylic acids is 1. The number of carboxylic acids is 1. The summed E-state index contributed by atoms with van der Waals surface area (Å²) in [6.07, 6.45) is -0.361. The lowest BCUT2D eigenvalue weighted by Crippen LogP contribution is -2.21. The molecule has 0 aliphatic rings. The Morgan fingerprint density at radius 3 is 1.50 bits per heavy atom. The lowest BCUT2D eigenvalue weighted by molar-refractivity contribution is -0.139. The van der Waals surface area contributed by atoms with Crippen molar-refractivity contribution in [1.29, 1.82) is 0 Å². The molecule has 0 heterocycles. The minimum Gasteiger partial charge on any atom is -0.481 e. The van der Waals surface area contributed by atoms with Crippen molar-refractivity contribution in [2.45, 2.75) is 13.3 Å². The topological polar surface area (TPSA) is 82.1 Å². The highest BCUT2D eigenvalue weighted by Crippen LogP contribution is 1.81. The molecule has 0 atom stereocenters. The highest BCUT2D eigenvalue weighted by atomic mass is 28.3. The molecular weight excluding hydrogens is 208 g/mol. The molecule has 0 rings (SSSR count). The third kappa shape index (κ3) is 13.8. The van der Waals surface area contributed by atoms with Gasteiger partial charge < -0.3 is 18.4 Å². The highest BCUT2D eigenvalue weighted by molar-refractivity contribution is 6.36. The Labute approximate surface area is 84.7 Å². The summed E-state index contributed by atoms with van der Waals surface area (Å²) in [7, 11) is 3.05. The van der Waals surface area contributed by atoms with Crippen molar-refractivity contribution in [2.24, 2.45) is 0 Å². The number of hydrogen-bond acceptors (Lipinski definition) is 5. The van der Waals surface area contributed by atoms with Crippen LogP contribution in [0.1, 0.15) is 13.3 Å². The number of carboxylic acid groups (broad SMARTS) is 1. The summed E-state index contributed by atoms with van der Waals surface area (Å²) in [6, 6.07) is 0. The molecule has 0 saturated heterocycles. The van der Waals surface area contributed by atoms with Gasteiger partial charge in [-0.15, -0.1) is 0 Å². The van der Waals surface area contributed by atoms with E-state index in [1.807, 2.05) is 0 Å². The van der Waals surface area contributed by atoms with Crippen LogP contribution in [0.3, 0.4) is 0 Å². The van der Waals surface area contributed by atoms with Crippen LogP contribution in [0.15, 0.2) is 0 Å². The van der Waals surface area contributed by atoms with Gasteiger partial charge in [0.1, 0.15) is 12.2 Å². The van der Waals surface area contributed by atoms with Crippen molar-refractivity contribution in [3.8, 4) is 0 Å². The third-order valence-corrected chi connectivity index (χ3v) is 2.13. The Balaban J connectivity index is 0. The maximum absolute atomic E-state index is 9.87. The number of Topliss-reactive ketones (excluding diaryl/α,β-unsaturated/α-hetero) is 1. The molecule has 0 aromatic rings. The fourth-order valence-corrected chi connectivity index (χ4v) is 1.08. The van der Waals surface area contributed by atoms with Crippen LogP contribution >= 0.6 is 0 Å². The van der Waals surface area contributed by atoms with Gasteiger partial charge in [0, 0.05) is 21.3 Å². The van der Waals surface area contributed by atoms with Crippen LogP contribution in [-0.2, 0) is 22.9 Å². The van der Waals surface area contributed by atoms with Crippen LogP contribution in [0.4, 0.5) is 0 Å². The molecule has 0 bridgehead atoms. The second-order valence-electron chi connectivity index (χ2n) is 2.27. The second-order valence-corrected chi connectivity index (χ2v) is 4.26. The first kappa shape index (κ1) is 15.7. The van der Waals surface area contributed by atoms with E-state index < -0.39 is 15.5 Å². The van der Waals surface area contributed by atoms with Crippen molar-refractivity contribution < 1.29 is 28.0 Å². The Hall–Kier alpha value is -0.763. The summed E-state index contributed by atoms with van der Waals surface area (Å²) in [4.78, 5) is 19.5. The Bertz CT molecular complexity index is 150. The SMILES string of the molecule is CC(=O)CC(=O)O.CO[SiH](OC)OC. The standard InChI is InChI=1S/C4H6O3.C3H10O3Si/c1-3(5)2-4(6)7;1-4-7(5-2)6-3/h2H2,1H3,(H,6,7);7H,1-3H3. The van der Waals surface area contributed by atoms with E-state index in [-0.39, 0.29) is 12.2 Å². The molecule has 0 spiro atoms. The van der Waals surface area contributed by atoms with E-state index in [0.29, 0.717) is 0 Å². The number of carbonyl (C=O) groups is 2. The summed E-state index contributed by atoms with van der Waals surface area (Å²) in [5.74, 6) is -1.37. The molecule has 0 aromatic carbocycles. The van der Waals surface area contributed by atoms with Crippen molar-refractivity contribution in [1.82, 2.24) is 0 Å². The summed E-state index contributed by atoms with van der Waals surface area (Å²) < 4.78 is 14.2. The second kappa shape index (κ2) is 10.3. The maximum atomic E-state index is 9.87. The van der Waals surface area contributed by atoms with E-state index in [2.05, 4.69) is 0 Å². The van der Waals surface area contributed by atoms with E-state index >= 15 is 0 Å². The van der Waals surface area contributed by atoms with E-state index in [4.69, 9.17) is 18.4 Å². The van der Waals surface area contributed by atoms with Gasteiger partial charge in [0.05, 0.1) is 0 Å². The minimum atomic E-state index is -1.67. The molecule has 6 nitrogen and oxygen atoms in total. The van der Waals surface area contributed by atoms with Gasteiger partial charge in [-0.1, -0.05) is 0 Å². The fourth-order valence-electron chi connectivity index (χ4n) is 0.502. The Morgan fingerprint density at radius 2 is 1.50 bits per heavy atom. The quantitative estimate of drug-likeness (QED) is 0.509. The van der Waals surface area contributed by atoms with Crippen molar-refractivity contribution >= 4 is 21.3 Å². The first-order valence-corrected chi connectivity index (χ1v) is 5.19. The van der Waals surface area contributed by atoms with E-state index in [0.717, 1.165) is 0 Å². The molecule has 1 N–H and O–H groups in total. The predicted octanol–water partition coefficient (Wildman–Crippen LogP) is -0.307. The average Bonchev–Trinajstić information content (AvgIpc) is 2.06. The smallest absolute Gasteiger partial charge is 0.481 e. The lowest BCUT2D eigenvalue weighted by atomic mass is 10.3. The van der Waals surface area contributed by atoms with Crippen molar-refractivity contribution in [3.63, 3.8) is 0 Å². The minimum absolute atomic E-state index is 0.312. The number of aliphatic carboxylic acids is 1. The van der Waals surface area contributed by atoms with Crippen LogP contribution < -0.4 is 0 Å². The monoisotopic (exact) mass is 224 g/mol. The molecule has 0 aromatic heterocycles. The van der Waals surface area contributed by atoms with Gasteiger partial charge in [0.15, 0.2) is 0 Å². The molecular formula is C7H16O6Si. The molecule has 84 valence electrons. The van der Waals surface area contributed by atoms with Crippen LogP contribution in [0, 0.1) is 0 Å². The van der Waals surface area contributed by atoms with Crippen LogP contribution in [0.2, 0.25) is 0 Å². The van der Waals surface area contributed by atoms with Crippen LogP contribution in [0.25, 0.3) is 0 Å². The Morgan fingerprint density at radius 1 is 1.14 bits per heavy atom. The molecule has 14 heavy (non-hydrogen) atoms. The van der Waals surface area contributed by atoms with Gasteiger partial charge in [0.25, 0.3) is 0 Å². The largest absolute Gasteiger partial charge is 0.483 e. The average molecular weight is 224 g/mol. The zero-order valence-electron chi connectivity index (χ0n) is 8.77. The predicted molar refractivity (Wildman–Crippen MR) is 51.1 cm³/mol. The molecule has 0 unspecified atom stereocenters. The van der Waals surface area contributed by atoms with E-state index in [9.17, 15) is 9.59 Å². The van der Waals surface area contributed by atoms with Gasteiger partial charge in [-0.25, -0.2) is 0 Å². The molecule has 0 fully saturated rings. The van der Waals surface area contributed by atoms with Crippen LogP contribution in [-0.4, -0.2) is 47.7 Å². The molecule has 0 saturated carbocycles. The number of ketones is 1. The third-order valence-electron chi connectivity index (χ3n) is 0.978. The van der Waals surface area contributed by atoms with E-state index in [1.165, 1.54) is 6.92 Å². The van der Waals surface area contributed by atoms with Crippen molar-refractivity contribution in [3.05, 3.63) is 0 Å². The number of rotatable bonds is 5. The zero-order valence-corrected chi connectivity index (χ0v) is 9.93. The molecule has 0 aliphatic carbocycles. The number of hydrogen-bond donors (Lipinski definition) is 1. The van der Waals surface area contributed by atoms with Crippen LogP contribution in [0.5, 0.6) is 0 Å². The summed E-state index contributed by atoms with van der Waals surface area (Å²) >= 11 is 0. The maximum Gasteiger partial charge on any atom is 0.483 e. The Kier molecular flexibility index (Phi) is 11.6. The van der Waals surface area contributed by atoms with Gasteiger partial charge in [0.2, 0.25) is 0 Å². The molecule has 7 heteroatoms. The van der Waals surface area contributed by atoms with Gasteiger partial charge in [-0.2, -0.15) is 0 Å². The lowest BCUT2D eigenvalue weighted by Gasteiger charge is -2.05. The van der Waals surface area contributed by atoms with E-state index in [1.54, 1.807) is 21.3 Å². The van der Waals surface area contributed by atoms with Gasteiger partial charge >= 0.3 is 15.5 Å². The summed E-state index contributed by atoms with van der Waals surface area (Å²) in [5.41, 5.74) is 0. The normalized spacial score (nSPS) is 9.21. The van der Waals surface area contributed by atoms with Gasteiger partial charge in [-0.3, -0.25) is 9.59 Å². The fraction of sp³-hybridized carbons (Fsp3) is 0.714. The molecule has 0 amide bonds. The van der Waals surface area contributed by atoms with Gasteiger partial charge in [-0.05, 0) is 6.92 Å². The summed E-state index contributed by atoms with van der Waals surface area (Å²) in [6.45, 7) is 1.24. The summed E-state index contributed by atoms with van der Waals surface area (Å²) in [5, 5.41) is 7.86. The first-order chi connectivity index (χ1) is 6.47. The van der Waals surface area contributed by atoms with Crippen molar-refractivity contribution in [2.75, 3.05) is 21.3 Å². The molecule has 0 radical (unpaired) electrons. The zero-order chi connectivity index (χ0) is 11.6. The first-order valence-electron chi connectivity index (χ1n) is 3.77.